The lowest BCUT2D eigenvalue weighted by molar-refractivity contribution is 0.966. The van der Waals surface area contributed by atoms with Crippen molar-refractivity contribution >= 4 is 33.5 Å². The summed E-state index contributed by atoms with van der Waals surface area (Å²) in [5.74, 6) is 0. The Morgan fingerprint density at radius 2 is 1.88 bits per heavy atom. The second kappa shape index (κ2) is 4.10. The first kappa shape index (κ1) is 10.7. The third-order valence-electron chi connectivity index (χ3n) is 2.83. The summed E-state index contributed by atoms with van der Waals surface area (Å²) in [6, 6.07) is 6.44. The summed E-state index contributed by atoms with van der Waals surface area (Å²) >= 11 is 2.36. The third-order valence-corrected chi connectivity index (χ3v) is 3.69. The van der Waals surface area contributed by atoms with Gasteiger partial charge in [-0.1, -0.05) is 6.07 Å². The minimum absolute atomic E-state index is 1.05. The van der Waals surface area contributed by atoms with E-state index in [1.165, 1.54) is 14.5 Å². The molecule has 17 heavy (non-hydrogen) atoms. The van der Waals surface area contributed by atoms with Gasteiger partial charge in [-0.3, -0.25) is 0 Å². The van der Waals surface area contributed by atoms with Crippen LogP contribution in [0.15, 0.2) is 43.1 Å². The van der Waals surface area contributed by atoms with Gasteiger partial charge in [0.05, 0.1) is 0 Å². The van der Waals surface area contributed by atoms with Gasteiger partial charge in [0.25, 0.3) is 0 Å². The maximum Gasteiger partial charge on any atom is 0.115 e. The predicted octanol–water partition coefficient (Wildman–Crippen LogP) is 3.24. The molecule has 0 unspecified atom stereocenters. The number of fused-ring (bicyclic) bond motifs is 1. The van der Waals surface area contributed by atoms with Gasteiger partial charge in [0.2, 0.25) is 0 Å². The number of aryl methyl sites for hydroxylation is 1. The van der Waals surface area contributed by atoms with Gasteiger partial charge in [0.15, 0.2) is 0 Å². The molecule has 84 valence electrons. The largest absolute Gasteiger partial charge is 0.349 e. The molecular weight excluding hydrogens is 325 g/mol. The lowest BCUT2D eigenvalue weighted by Crippen LogP contribution is -1.85. The molecule has 0 aliphatic heterocycles. The third kappa shape index (κ3) is 1.82. The van der Waals surface area contributed by atoms with Gasteiger partial charge < -0.3 is 4.57 Å². The molecule has 0 N–H and O–H groups in total. The molecule has 4 heteroatoms. The Bertz CT molecular complexity index is 674. The maximum absolute atomic E-state index is 4.05. The van der Waals surface area contributed by atoms with E-state index in [1.807, 2.05) is 12.4 Å². The highest BCUT2D eigenvalue weighted by atomic mass is 127. The zero-order valence-corrected chi connectivity index (χ0v) is 11.4. The van der Waals surface area contributed by atoms with Crippen LogP contribution < -0.4 is 0 Å². The predicted molar refractivity (Wildman–Crippen MR) is 76.7 cm³/mol. The molecule has 3 rings (SSSR count). The number of benzene rings is 1. The van der Waals surface area contributed by atoms with E-state index in [0.29, 0.717) is 0 Å². The number of hydrogen-bond acceptors (Lipinski definition) is 2. The van der Waals surface area contributed by atoms with E-state index in [2.05, 4.69) is 68.6 Å². The van der Waals surface area contributed by atoms with Crippen molar-refractivity contribution in [3.05, 3.63) is 46.7 Å². The van der Waals surface area contributed by atoms with Crippen LogP contribution in [-0.2, 0) is 7.05 Å². The fraction of sp³-hybridized carbons (Fsp3) is 0.0769. The number of aromatic nitrogens is 3. The molecule has 2 aromatic heterocycles. The Morgan fingerprint density at radius 1 is 1.12 bits per heavy atom. The van der Waals surface area contributed by atoms with Gasteiger partial charge in [0.1, 0.15) is 6.33 Å². The SMILES string of the molecule is Cn1cc(I)c2cc(-c3cncnc3)ccc21. The molecule has 0 fully saturated rings. The van der Waals surface area contributed by atoms with Crippen LogP contribution in [0.5, 0.6) is 0 Å². The Kier molecular flexibility index (Phi) is 2.58. The van der Waals surface area contributed by atoms with E-state index in [1.54, 1.807) is 6.33 Å². The highest BCUT2D eigenvalue weighted by Gasteiger charge is 2.06. The van der Waals surface area contributed by atoms with E-state index < -0.39 is 0 Å². The number of nitrogens with zero attached hydrogens (tertiary/aromatic N) is 3. The molecule has 0 aliphatic rings. The zero-order valence-electron chi connectivity index (χ0n) is 9.26. The average molecular weight is 335 g/mol. The quantitative estimate of drug-likeness (QED) is 0.639. The summed E-state index contributed by atoms with van der Waals surface area (Å²) < 4.78 is 3.40. The van der Waals surface area contributed by atoms with Crippen molar-refractivity contribution in [1.29, 1.82) is 0 Å². The smallest absolute Gasteiger partial charge is 0.115 e. The minimum atomic E-state index is 1.05. The monoisotopic (exact) mass is 335 g/mol. The highest BCUT2D eigenvalue weighted by Crippen LogP contribution is 2.27. The van der Waals surface area contributed by atoms with Gasteiger partial charge in [-0.25, -0.2) is 9.97 Å². The summed E-state index contributed by atoms with van der Waals surface area (Å²) in [4.78, 5) is 8.10. The van der Waals surface area contributed by atoms with Crippen LogP contribution in [0.4, 0.5) is 0 Å². The van der Waals surface area contributed by atoms with Crippen LogP contribution >= 0.6 is 22.6 Å². The maximum atomic E-state index is 4.05. The normalized spacial score (nSPS) is 10.9. The molecule has 2 heterocycles. The van der Waals surface area contributed by atoms with E-state index >= 15 is 0 Å². The van der Waals surface area contributed by atoms with Crippen molar-refractivity contribution in [2.75, 3.05) is 0 Å². The average Bonchev–Trinajstić information content (AvgIpc) is 2.66. The van der Waals surface area contributed by atoms with Crippen LogP contribution in [0.25, 0.3) is 22.0 Å². The number of rotatable bonds is 1. The molecule has 3 aromatic rings. The van der Waals surface area contributed by atoms with Crippen LogP contribution in [0.3, 0.4) is 0 Å². The molecule has 1 aromatic carbocycles. The Labute approximate surface area is 113 Å². The first-order chi connectivity index (χ1) is 8.25. The van der Waals surface area contributed by atoms with Crippen LogP contribution in [0.1, 0.15) is 0 Å². The molecule has 0 aliphatic carbocycles. The summed E-state index contributed by atoms with van der Waals surface area (Å²) in [6.45, 7) is 0. The molecule has 0 amide bonds. The first-order valence-electron chi connectivity index (χ1n) is 5.25. The summed E-state index contributed by atoms with van der Waals surface area (Å²) in [7, 11) is 2.07. The molecular formula is C13H10IN3. The summed E-state index contributed by atoms with van der Waals surface area (Å²) in [6.07, 6.45) is 7.36. The lowest BCUT2D eigenvalue weighted by atomic mass is 10.1. The zero-order chi connectivity index (χ0) is 11.8. The van der Waals surface area contributed by atoms with Crippen molar-refractivity contribution in [1.82, 2.24) is 14.5 Å². The van der Waals surface area contributed by atoms with Crippen LogP contribution in [0.2, 0.25) is 0 Å². The van der Waals surface area contributed by atoms with Gasteiger partial charge in [0, 0.05) is 45.7 Å². The standard InChI is InChI=1S/C13H10IN3/c1-17-7-12(14)11-4-9(2-3-13(11)17)10-5-15-8-16-6-10/h2-8H,1H3. The lowest BCUT2D eigenvalue weighted by Gasteiger charge is -2.01. The molecule has 0 atom stereocenters. The highest BCUT2D eigenvalue weighted by molar-refractivity contribution is 14.1. The van der Waals surface area contributed by atoms with E-state index in [0.717, 1.165) is 11.1 Å². The van der Waals surface area contributed by atoms with Gasteiger partial charge in [-0.05, 0) is 40.3 Å². The van der Waals surface area contributed by atoms with Crippen molar-refractivity contribution < 1.29 is 0 Å². The Hall–Kier alpha value is -1.43. The fourth-order valence-electron chi connectivity index (χ4n) is 1.97. The minimum Gasteiger partial charge on any atom is -0.349 e. The van der Waals surface area contributed by atoms with Crippen molar-refractivity contribution in [3.63, 3.8) is 0 Å². The fourth-order valence-corrected chi connectivity index (χ4v) is 2.82. The number of halogens is 1. The molecule has 0 bridgehead atoms. The number of hydrogen-bond donors (Lipinski definition) is 0. The second-order valence-electron chi connectivity index (χ2n) is 3.95. The second-order valence-corrected chi connectivity index (χ2v) is 5.11. The Morgan fingerprint density at radius 3 is 2.65 bits per heavy atom. The van der Waals surface area contributed by atoms with E-state index in [9.17, 15) is 0 Å². The van der Waals surface area contributed by atoms with Crippen LogP contribution in [0, 0.1) is 3.57 Å². The van der Waals surface area contributed by atoms with Crippen molar-refractivity contribution in [2.24, 2.45) is 7.05 Å². The molecule has 0 saturated carbocycles. The van der Waals surface area contributed by atoms with Crippen molar-refractivity contribution in [2.45, 2.75) is 0 Å². The van der Waals surface area contributed by atoms with Gasteiger partial charge in [-0.2, -0.15) is 0 Å². The van der Waals surface area contributed by atoms with Gasteiger partial charge in [-0.15, -0.1) is 0 Å². The molecule has 0 saturated heterocycles. The van der Waals surface area contributed by atoms with E-state index in [4.69, 9.17) is 0 Å². The Balaban J connectivity index is 2.24. The molecule has 3 nitrogen and oxygen atoms in total. The van der Waals surface area contributed by atoms with Gasteiger partial charge >= 0.3 is 0 Å². The molecule has 0 radical (unpaired) electrons. The topological polar surface area (TPSA) is 30.7 Å². The van der Waals surface area contributed by atoms with Crippen LogP contribution in [-0.4, -0.2) is 14.5 Å². The molecule has 0 spiro atoms. The van der Waals surface area contributed by atoms with Crippen molar-refractivity contribution in [3.8, 4) is 11.1 Å². The summed E-state index contributed by atoms with van der Waals surface area (Å²) in [5, 5.41) is 1.27. The first-order valence-corrected chi connectivity index (χ1v) is 6.33. The summed E-state index contributed by atoms with van der Waals surface area (Å²) in [5.41, 5.74) is 3.45. The van der Waals surface area contributed by atoms with E-state index in [-0.39, 0.29) is 0 Å².